The lowest BCUT2D eigenvalue weighted by molar-refractivity contribution is -0.121. The maximum Gasteiger partial charge on any atom is 0.324 e. The molecule has 2 aliphatic rings. The van der Waals surface area contributed by atoms with Crippen LogP contribution in [-0.2, 0) is 16.1 Å². The maximum atomic E-state index is 12.7. The molecule has 2 saturated heterocycles. The van der Waals surface area contributed by atoms with Gasteiger partial charge < -0.3 is 25.2 Å². The summed E-state index contributed by atoms with van der Waals surface area (Å²) in [6.07, 6.45) is 1.33. The molecule has 16 nitrogen and oxygen atoms in total. The smallest absolute Gasteiger partial charge is 0.324 e. The van der Waals surface area contributed by atoms with Gasteiger partial charge in [-0.1, -0.05) is 23.4 Å². The van der Waals surface area contributed by atoms with Crippen LogP contribution in [0, 0.1) is 0 Å². The molecule has 2 fully saturated rings. The fourth-order valence-corrected chi connectivity index (χ4v) is 4.81. The standard InChI is InChI=1S/C24H24N10O6/c35-10-15-18(34-9-14(30-31-34)8-32-7-6-16(36)28-24(32)39)19(37)23(40-15)33-12-27-17-20(25-11-26-21(17)33)29-22(38)13-4-2-1-3-5-13/h1-5,9,11-12,15,18-19,23,35,37H,6-8,10H2,(H,28,36,39)(H,25,26,29,38)/t15-,18+,19?,23-/m1/s1. The monoisotopic (exact) mass is 548 g/mol. The highest BCUT2D eigenvalue weighted by Crippen LogP contribution is 2.38. The van der Waals surface area contributed by atoms with E-state index in [9.17, 15) is 24.6 Å². The van der Waals surface area contributed by atoms with E-state index in [1.54, 1.807) is 36.5 Å². The molecule has 0 bridgehead atoms. The summed E-state index contributed by atoms with van der Waals surface area (Å²) >= 11 is 0. The predicted octanol–water partition coefficient (Wildman–Crippen LogP) is -0.396. The van der Waals surface area contributed by atoms with Crippen molar-refractivity contribution in [2.45, 2.75) is 37.4 Å². The van der Waals surface area contributed by atoms with Gasteiger partial charge in [-0.3, -0.25) is 19.5 Å². The molecular weight excluding hydrogens is 524 g/mol. The fourth-order valence-electron chi connectivity index (χ4n) is 4.81. The highest BCUT2D eigenvalue weighted by Gasteiger charge is 2.47. The van der Waals surface area contributed by atoms with Gasteiger partial charge in [-0.05, 0) is 12.1 Å². The van der Waals surface area contributed by atoms with Crippen molar-refractivity contribution in [2.75, 3.05) is 18.5 Å². The Bertz CT molecular complexity index is 1570. The van der Waals surface area contributed by atoms with Crippen molar-refractivity contribution in [3.8, 4) is 0 Å². The zero-order chi connectivity index (χ0) is 27.8. The van der Waals surface area contributed by atoms with Gasteiger partial charge in [0.1, 0.15) is 30.3 Å². The van der Waals surface area contributed by atoms with Crippen LogP contribution >= 0.6 is 0 Å². The fraction of sp³-hybridized carbons (Fsp3) is 0.333. The lowest BCUT2D eigenvalue weighted by Gasteiger charge is -2.25. The van der Waals surface area contributed by atoms with Crippen molar-refractivity contribution in [1.82, 2.24) is 44.7 Å². The van der Waals surface area contributed by atoms with E-state index in [1.807, 2.05) is 0 Å². The third-order valence-electron chi connectivity index (χ3n) is 6.78. The van der Waals surface area contributed by atoms with Crippen LogP contribution in [0.5, 0.6) is 0 Å². The SMILES string of the molecule is O=C1CCN(Cc2cn([C@@H]3C(O)[C@H](n4cnc5c(NC(=O)c6ccccc6)ncnc54)O[C@@H]3CO)nn2)C(=O)N1. The van der Waals surface area contributed by atoms with Gasteiger partial charge in [0.05, 0.1) is 25.7 Å². The Kier molecular flexibility index (Phi) is 6.63. The minimum absolute atomic E-state index is 0.108. The van der Waals surface area contributed by atoms with Crippen molar-refractivity contribution >= 4 is 34.8 Å². The van der Waals surface area contributed by atoms with Crippen LogP contribution in [0.3, 0.4) is 0 Å². The lowest BCUT2D eigenvalue weighted by atomic mass is 10.1. The molecule has 6 rings (SSSR count). The van der Waals surface area contributed by atoms with E-state index in [2.05, 4.69) is 35.9 Å². The summed E-state index contributed by atoms with van der Waals surface area (Å²) in [4.78, 5) is 50.3. The topological polar surface area (TPSA) is 203 Å². The number of nitrogens with one attached hydrogen (secondary N) is 2. The summed E-state index contributed by atoms with van der Waals surface area (Å²) in [6, 6.07) is 7.29. The molecule has 3 aromatic heterocycles. The molecule has 2 aliphatic heterocycles. The summed E-state index contributed by atoms with van der Waals surface area (Å²) in [6.45, 7) is -0.0714. The Balaban J connectivity index is 1.22. The molecule has 4 amide bonds. The van der Waals surface area contributed by atoms with Gasteiger partial charge in [0.25, 0.3) is 5.91 Å². The first-order valence-electron chi connectivity index (χ1n) is 12.4. The first-order valence-corrected chi connectivity index (χ1v) is 12.4. The Morgan fingerprint density at radius 2 is 2.00 bits per heavy atom. The molecule has 1 aromatic carbocycles. The van der Waals surface area contributed by atoms with Crippen molar-refractivity contribution in [3.05, 3.63) is 60.4 Å². The number of ether oxygens (including phenoxy) is 1. The van der Waals surface area contributed by atoms with Crippen molar-refractivity contribution in [2.24, 2.45) is 0 Å². The summed E-state index contributed by atoms with van der Waals surface area (Å²) in [5.41, 5.74) is 1.45. The van der Waals surface area contributed by atoms with Gasteiger partial charge in [-0.2, -0.15) is 0 Å². The summed E-state index contributed by atoms with van der Waals surface area (Å²) in [5, 5.41) is 34.5. The van der Waals surface area contributed by atoms with Crippen molar-refractivity contribution < 1.29 is 29.3 Å². The predicted molar refractivity (Wildman–Crippen MR) is 134 cm³/mol. The summed E-state index contributed by atoms with van der Waals surface area (Å²) in [7, 11) is 0. The van der Waals surface area contributed by atoms with E-state index in [1.165, 1.54) is 26.8 Å². The summed E-state index contributed by atoms with van der Waals surface area (Å²) < 4.78 is 8.87. The van der Waals surface area contributed by atoms with E-state index < -0.39 is 37.1 Å². The second-order valence-electron chi connectivity index (χ2n) is 9.31. The van der Waals surface area contributed by atoms with E-state index in [4.69, 9.17) is 4.74 Å². The van der Waals surface area contributed by atoms with E-state index in [0.717, 1.165) is 0 Å². The number of urea groups is 1. The molecule has 0 radical (unpaired) electrons. The molecule has 16 heteroatoms. The first kappa shape index (κ1) is 25.5. The van der Waals surface area contributed by atoms with E-state index in [-0.39, 0.29) is 42.7 Å². The number of imidazole rings is 1. The Morgan fingerprint density at radius 3 is 2.77 bits per heavy atom. The number of hydrogen-bond donors (Lipinski definition) is 4. The van der Waals surface area contributed by atoms with Gasteiger partial charge in [-0.15, -0.1) is 5.10 Å². The number of aliphatic hydroxyl groups excluding tert-OH is 2. The van der Waals surface area contributed by atoms with Gasteiger partial charge in [-0.25, -0.2) is 24.4 Å². The van der Waals surface area contributed by atoms with Crippen LogP contribution in [0.1, 0.15) is 34.7 Å². The molecule has 1 unspecified atom stereocenters. The summed E-state index contributed by atoms with van der Waals surface area (Å²) in [5.74, 6) is -0.524. The number of aliphatic hydroxyl groups is 2. The Morgan fingerprint density at radius 1 is 1.18 bits per heavy atom. The van der Waals surface area contributed by atoms with Gasteiger partial charge in [0, 0.05) is 18.5 Å². The van der Waals surface area contributed by atoms with Crippen LogP contribution in [0.15, 0.2) is 49.2 Å². The Labute approximate surface area is 225 Å². The quantitative estimate of drug-likeness (QED) is 0.234. The number of imide groups is 1. The minimum Gasteiger partial charge on any atom is -0.394 e. The average Bonchev–Trinajstić information content (AvgIpc) is 3.68. The Hall–Kier alpha value is -4.80. The lowest BCUT2D eigenvalue weighted by Crippen LogP contribution is -2.48. The van der Waals surface area contributed by atoms with Crippen LogP contribution in [0.2, 0.25) is 0 Å². The number of hydrogen-bond acceptors (Lipinski definition) is 11. The molecule has 206 valence electrons. The highest BCUT2D eigenvalue weighted by molar-refractivity contribution is 6.06. The molecule has 0 spiro atoms. The number of anilines is 1. The van der Waals surface area contributed by atoms with E-state index in [0.29, 0.717) is 16.9 Å². The number of amides is 4. The second kappa shape index (κ2) is 10.4. The number of fused-ring (bicyclic) bond motifs is 1. The van der Waals surface area contributed by atoms with E-state index >= 15 is 0 Å². The van der Waals surface area contributed by atoms with Gasteiger partial charge >= 0.3 is 6.03 Å². The van der Waals surface area contributed by atoms with Crippen LogP contribution in [-0.4, -0.2) is 92.8 Å². The minimum atomic E-state index is -1.21. The van der Waals surface area contributed by atoms with Crippen LogP contribution in [0.25, 0.3) is 11.2 Å². The molecule has 0 aliphatic carbocycles. The highest BCUT2D eigenvalue weighted by atomic mass is 16.5. The maximum absolute atomic E-state index is 12.7. The molecule has 5 heterocycles. The van der Waals surface area contributed by atoms with Crippen molar-refractivity contribution in [1.29, 1.82) is 0 Å². The molecule has 40 heavy (non-hydrogen) atoms. The van der Waals surface area contributed by atoms with Crippen LogP contribution < -0.4 is 10.6 Å². The van der Waals surface area contributed by atoms with Gasteiger partial charge in [0.2, 0.25) is 5.91 Å². The van der Waals surface area contributed by atoms with Crippen LogP contribution in [0.4, 0.5) is 10.6 Å². The number of benzene rings is 1. The number of rotatable bonds is 7. The number of aromatic nitrogens is 7. The third kappa shape index (κ3) is 4.63. The molecule has 4 atom stereocenters. The number of nitrogens with zero attached hydrogens (tertiary/aromatic N) is 8. The molecule has 0 saturated carbocycles. The largest absolute Gasteiger partial charge is 0.394 e. The first-order chi connectivity index (χ1) is 19.4. The molecular formula is C24H24N10O6. The normalized spacial score (nSPS) is 23.0. The molecule has 4 aromatic rings. The van der Waals surface area contributed by atoms with Crippen molar-refractivity contribution in [3.63, 3.8) is 0 Å². The number of carbonyl (C=O) groups is 3. The second-order valence-corrected chi connectivity index (χ2v) is 9.31. The zero-order valence-corrected chi connectivity index (χ0v) is 20.9. The molecule has 4 N–H and O–H groups in total. The third-order valence-corrected chi connectivity index (χ3v) is 6.78. The number of carbonyl (C=O) groups excluding carboxylic acids is 3. The van der Waals surface area contributed by atoms with Gasteiger partial charge in [0.15, 0.2) is 23.2 Å². The zero-order valence-electron chi connectivity index (χ0n) is 20.9. The average molecular weight is 549 g/mol.